The molecule has 2 aliphatic rings. The van der Waals surface area contributed by atoms with Gasteiger partial charge in [-0.25, -0.2) is 0 Å². The molecule has 2 N–H and O–H groups in total. The van der Waals surface area contributed by atoms with Gasteiger partial charge in [-0.1, -0.05) is 0 Å². The van der Waals surface area contributed by atoms with Crippen LogP contribution in [0.5, 0.6) is 0 Å². The number of nitrogens with one attached hydrogen (secondary N) is 2. The summed E-state index contributed by atoms with van der Waals surface area (Å²) in [4.78, 5) is 25.6. The first-order chi connectivity index (χ1) is 15.9. The average molecular weight is 460 g/mol. The van der Waals surface area contributed by atoms with E-state index in [-0.39, 0.29) is 46.9 Å². The number of nitriles is 4. The predicted octanol–water partition coefficient (Wildman–Crippen LogP) is 2.07. The van der Waals surface area contributed by atoms with Gasteiger partial charge in [-0.2, -0.15) is 21.0 Å². The van der Waals surface area contributed by atoms with Gasteiger partial charge < -0.3 is 20.1 Å². The number of hydrogen-bond acceptors (Lipinski definition) is 8. The van der Waals surface area contributed by atoms with Crippen molar-refractivity contribution in [3.05, 3.63) is 45.0 Å². The summed E-state index contributed by atoms with van der Waals surface area (Å²) in [5, 5.41) is 42.1. The van der Waals surface area contributed by atoms with E-state index in [1.807, 2.05) is 0 Å². The molecule has 0 saturated carbocycles. The number of hydrogen-bond donors (Lipinski definition) is 2. The van der Waals surface area contributed by atoms with Crippen molar-refractivity contribution < 1.29 is 19.1 Å². The van der Waals surface area contributed by atoms with Gasteiger partial charge in [0.25, 0.3) is 11.8 Å². The molecular weight excluding hydrogens is 436 g/mol. The molecule has 0 aromatic rings. The number of rotatable bonds is 5. The van der Waals surface area contributed by atoms with Crippen LogP contribution in [0.3, 0.4) is 0 Å². The maximum absolute atomic E-state index is 12.8. The second-order valence-corrected chi connectivity index (χ2v) is 8.59. The maximum atomic E-state index is 12.8. The van der Waals surface area contributed by atoms with E-state index in [0.29, 0.717) is 11.1 Å². The molecule has 0 saturated heterocycles. The molecular formula is C24H24N6O4. The highest BCUT2D eigenvalue weighted by atomic mass is 16.5. The summed E-state index contributed by atoms with van der Waals surface area (Å²) < 4.78 is 11.4. The summed E-state index contributed by atoms with van der Waals surface area (Å²) in [6.45, 7) is 10.3. The molecule has 34 heavy (non-hydrogen) atoms. The molecule has 0 radical (unpaired) electrons. The van der Waals surface area contributed by atoms with Gasteiger partial charge in [0.1, 0.15) is 35.5 Å². The fraction of sp³-hybridized carbons (Fsp3) is 0.417. The van der Waals surface area contributed by atoms with Crippen LogP contribution in [0.4, 0.5) is 0 Å². The Hall–Kier alpha value is -4.54. The third kappa shape index (κ3) is 4.63. The standard InChI is InChI=1S/C24H24N6O4/c1-13-17(19(15(9-25)10-26)33-23(13,3)4)21(31)29-7-8-30-22(32)18-14(2)24(5,6)34-20(18)16(11-27)12-28/h7-8H2,1-6H3,(H,29,31)(H,30,32). The van der Waals surface area contributed by atoms with Gasteiger partial charge in [0, 0.05) is 13.1 Å². The average Bonchev–Trinajstić information content (AvgIpc) is 3.15. The lowest BCUT2D eigenvalue weighted by molar-refractivity contribution is -0.119. The van der Waals surface area contributed by atoms with Crippen LogP contribution in [-0.2, 0) is 19.1 Å². The zero-order valence-electron chi connectivity index (χ0n) is 19.8. The van der Waals surface area contributed by atoms with Crippen molar-refractivity contribution >= 4 is 11.8 Å². The molecule has 0 spiro atoms. The van der Waals surface area contributed by atoms with Crippen molar-refractivity contribution in [3.8, 4) is 24.3 Å². The largest absolute Gasteiger partial charge is 0.480 e. The predicted molar refractivity (Wildman–Crippen MR) is 118 cm³/mol. The van der Waals surface area contributed by atoms with Crippen molar-refractivity contribution in [2.24, 2.45) is 0 Å². The van der Waals surface area contributed by atoms with E-state index in [9.17, 15) is 30.6 Å². The highest BCUT2D eigenvalue weighted by Crippen LogP contribution is 2.40. The van der Waals surface area contributed by atoms with E-state index >= 15 is 0 Å². The quantitative estimate of drug-likeness (QED) is 0.463. The summed E-state index contributed by atoms with van der Waals surface area (Å²) in [6.07, 6.45) is 0. The van der Waals surface area contributed by atoms with E-state index < -0.39 is 23.0 Å². The van der Waals surface area contributed by atoms with Crippen LogP contribution in [-0.4, -0.2) is 36.1 Å². The van der Waals surface area contributed by atoms with Gasteiger partial charge in [0.2, 0.25) is 0 Å². The Bertz CT molecular complexity index is 1120. The molecule has 174 valence electrons. The highest BCUT2D eigenvalue weighted by molar-refractivity contribution is 6.00. The van der Waals surface area contributed by atoms with E-state index in [1.165, 1.54) is 0 Å². The normalized spacial score (nSPS) is 17.5. The van der Waals surface area contributed by atoms with Crippen LogP contribution in [0.1, 0.15) is 41.5 Å². The Morgan fingerprint density at radius 3 is 1.26 bits per heavy atom. The molecule has 10 nitrogen and oxygen atoms in total. The third-order valence-corrected chi connectivity index (χ3v) is 5.78. The molecule has 0 unspecified atom stereocenters. The van der Waals surface area contributed by atoms with E-state index in [4.69, 9.17) is 9.47 Å². The molecule has 10 heteroatoms. The Kier molecular flexibility index (Phi) is 7.21. The molecule has 2 amide bonds. The van der Waals surface area contributed by atoms with Crippen LogP contribution >= 0.6 is 0 Å². The Morgan fingerprint density at radius 1 is 0.706 bits per heavy atom. The molecule has 2 aliphatic heterocycles. The summed E-state index contributed by atoms with van der Waals surface area (Å²) in [5.74, 6) is -1.24. The number of carbonyl (C=O) groups excluding carboxylic acids is 2. The lowest BCUT2D eigenvalue weighted by Crippen LogP contribution is -2.36. The molecule has 2 heterocycles. The number of amides is 2. The van der Waals surface area contributed by atoms with Gasteiger partial charge in [0.15, 0.2) is 22.7 Å². The van der Waals surface area contributed by atoms with Crippen LogP contribution in [0.2, 0.25) is 0 Å². The number of nitrogens with zero attached hydrogens (tertiary/aromatic N) is 4. The third-order valence-electron chi connectivity index (χ3n) is 5.78. The first-order valence-corrected chi connectivity index (χ1v) is 10.3. The molecule has 0 aromatic heterocycles. The zero-order chi connectivity index (χ0) is 25.8. The van der Waals surface area contributed by atoms with Crippen molar-refractivity contribution in [1.82, 2.24) is 10.6 Å². The second-order valence-electron chi connectivity index (χ2n) is 8.59. The highest BCUT2D eigenvalue weighted by Gasteiger charge is 2.41. The molecule has 2 rings (SSSR count). The second kappa shape index (κ2) is 9.53. The Morgan fingerprint density at radius 2 is 1.00 bits per heavy atom. The Balaban J connectivity index is 2.16. The molecule has 0 atom stereocenters. The minimum atomic E-state index is -0.865. The molecule has 0 fully saturated rings. The van der Waals surface area contributed by atoms with Crippen LogP contribution in [0.25, 0.3) is 0 Å². The van der Waals surface area contributed by atoms with Crippen molar-refractivity contribution in [1.29, 1.82) is 21.0 Å². The summed E-state index contributed by atoms with van der Waals surface area (Å²) in [5.41, 5.74) is -0.998. The van der Waals surface area contributed by atoms with Gasteiger partial charge >= 0.3 is 0 Å². The van der Waals surface area contributed by atoms with E-state index in [2.05, 4.69) is 10.6 Å². The zero-order valence-corrected chi connectivity index (χ0v) is 19.8. The van der Waals surface area contributed by atoms with E-state index in [1.54, 1.807) is 65.8 Å². The van der Waals surface area contributed by atoms with Crippen molar-refractivity contribution in [2.75, 3.05) is 13.1 Å². The van der Waals surface area contributed by atoms with Crippen LogP contribution in [0, 0.1) is 45.3 Å². The number of carbonyl (C=O) groups is 2. The van der Waals surface area contributed by atoms with Crippen molar-refractivity contribution in [3.63, 3.8) is 0 Å². The van der Waals surface area contributed by atoms with Gasteiger partial charge in [-0.3, -0.25) is 9.59 Å². The van der Waals surface area contributed by atoms with Crippen LogP contribution < -0.4 is 10.6 Å². The number of ether oxygens (including phenoxy) is 2. The monoisotopic (exact) mass is 460 g/mol. The summed E-state index contributed by atoms with van der Waals surface area (Å²) >= 11 is 0. The maximum Gasteiger partial charge on any atom is 0.255 e. The smallest absolute Gasteiger partial charge is 0.255 e. The van der Waals surface area contributed by atoms with Gasteiger partial charge in [0.05, 0.1) is 11.1 Å². The topological polar surface area (TPSA) is 172 Å². The fourth-order valence-corrected chi connectivity index (χ4v) is 3.39. The summed E-state index contributed by atoms with van der Waals surface area (Å²) in [6, 6.07) is 6.96. The van der Waals surface area contributed by atoms with Gasteiger partial charge in [-0.05, 0) is 52.7 Å². The number of allylic oxidation sites excluding steroid dienone is 2. The summed E-state index contributed by atoms with van der Waals surface area (Å²) in [7, 11) is 0. The van der Waals surface area contributed by atoms with E-state index in [0.717, 1.165) is 0 Å². The Labute approximate surface area is 198 Å². The SMILES string of the molecule is CC1=C(C(=O)NCCNC(=O)C2=C(C)C(C)(C)OC2=C(C#N)C#N)C(=C(C#N)C#N)OC1(C)C. The molecule has 0 aliphatic carbocycles. The lowest BCUT2D eigenvalue weighted by atomic mass is 9.96. The molecule has 0 aromatic carbocycles. The molecule has 0 bridgehead atoms. The minimum Gasteiger partial charge on any atom is -0.480 e. The van der Waals surface area contributed by atoms with Crippen LogP contribution in [0.15, 0.2) is 45.0 Å². The lowest BCUT2D eigenvalue weighted by Gasteiger charge is -2.20. The minimum absolute atomic E-state index is 0.0302. The van der Waals surface area contributed by atoms with Gasteiger partial charge in [-0.15, -0.1) is 0 Å². The fourth-order valence-electron chi connectivity index (χ4n) is 3.39. The first kappa shape index (κ1) is 25.7. The van der Waals surface area contributed by atoms with Crippen molar-refractivity contribution in [2.45, 2.75) is 52.7 Å². The first-order valence-electron chi connectivity index (χ1n) is 10.3.